The van der Waals surface area contributed by atoms with Crippen LogP contribution in [0.2, 0.25) is 0 Å². The van der Waals surface area contributed by atoms with Crippen LogP contribution >= 0.6 is 23.5 Å². The molecule has 1 atom stereocenters. The number of methoxy groups -OCH3 is 1. The van der Waals surface area contributed by atoms with Gasteiger partial charge in [-0.15, -0.1) is 0 Å². The predicted molar refractivity (Wildman–Crippen MR) is 81.6 cm³/mol. The second-order valence-electron chi connectivity index (χ2n) is 4.60. The number of hydrogen-bond donors (Lipinski definition) is 0. The van der Waals surface area contributed by atoms with E-state index in [1.807, 2.05) is 13.0 Å². The van der Waals surface area contributed by atoms with Gasteiger partial charge in [-0.1, -0.05) is 41.7 Å². The van der Waals surface area contributed by atoms with Crippen LogP contribution in [0.5, 0.6) is 0 Å². The molecular weight excluding hydrogens is 288 g/mol. The van der Waals surface area contributed by atoms with Gasteiger partial charge in [-0.05, 0) is 36.8 Å². The lowest BCUT2D eigenvalue weighted by Gasteiger charge is -2.19. The molecule has 1 unspecified atom stereocenters. The number of rotatable bonds is 2. The summed E-state index contributed by atoms with van der Waals surface area (Å²) in [5.74, 6) is -0.424. The first kappa shape index (κ1) is 13.6. The lowest BCUT2D eigenvalue weighted by Crippen LogP contribution is -2.10. The van der Waals surface area contributed by atoms with Crippen molar-refractivity contribution in [3.8, 4) is 0 Å². The maximum absolute atomic E-state index is 11.6. The Labute approximate surface area is 126 Å². The van der Waals surface area contributed by atoms with Crippen molar-refractivity contribution in [3.05, 3.63) is 48.0 Å². The van der Waals surface area contributed by atoms with E-state index in [1.54, 1.807) is 23.5 Å². The highest BCUT2D eigenvalue weighted by Gasteiger charge is 2.20. The largest absolute Gasteiger partial charge is 0.469 e. The fourth-order valence-electron chi connectivity index (χ4n) is 2.13. The van der Waals surface area contributed by atoms with E-state index in [4.69, 9.17) is 4.74 Å². The molecule has 0 saturated carbocycles. The van der Waals surface area contributed by atoms with Crippen molar-refractivity contribution in [2.45, 2.75) is 32.4 Å². The van der Waals surface area contributed by atoms with Crippen LogP contribution in [0, 0.1) is 0 Å². The van der Waals surface area contributed by atoms with E-state index in [9.17, 15) is 4.79 Å². The zero-order valence-electron chi connectivity index (χ0n) is 11.3. The third kappa shape index (κ3) is 2.45. The van der Waals surface area contributed by atoms with E-state index in [2.05, 4.69) is 36.4 Å². The van der Waals surface area contributed by atoms with Crippen molar-refractivity contribution >= 4 is 29.5 Å². The summed E-state index contributed by atoms with van der Waals surface area (Å²) in [5.41, 5.74) is 1.00. The molecule has 3 rings (SSSR count). The highest BCUT2D eigenvalue weighted by atomic mass is 32.2. The van der Waals surface area contributed by atoms with Gasteiger partial charge in [-0.25, -0.2) is 0 Å². The average Bonchev–Trinajstić information content (AvgIpc) is 2.50. The van der Waals surface area contributed by atoms with Crippen LogP contribution in [0.25, 0.3) is 0 Å². The number of hydrogen-bond acceptors (Lipinski definition) is 4. The molecule has 1 aliphatic rings. The third-order valence-electron chi connectivity index (χ3n) is 3.31. The van der Waals surface area contributed by atoms with Crippen molar-refractivity contribution in [2.75, 3.05) is 7.11 Å². The number of ether oxygens (including phenoxy) is 1. The number of benzene rings is 2. The first-order valence-corrected chi connectivity index (χ1v) is 7.99. The minimum absolute atomic E-state index is 0.196. The molecule has 0 aromatic heterocycles. The lowest BCUT2D eigenvalue weighted by molar-refractivity contribution is -0.141. The topological polar surface area (TPSA) is 26.3 Å². The molecule has 0 radical (unpaired) electrons. The molecule has 102 valence electrons. The number of esters is 1. The Hall–Kier alpha value is -1.39. The molecule has 1 aliphatic heterocycles. The second-order valence-corrected chi connectivity index (χ2v) is 6.77. The van der Waals surface area contributed by atoms with Crippen molar-refractivity contribution in [3.63, 3.8) is 0 Å². The van der Waals surface area contributed by atoms with Gasteiger partial charge in [-0.3, -0.25) is 4.79 Å². The van der Waals surface area contributed by atoms with E-state index in [1.165, 1.54) is 26.7 Å². The van der Waals surface area contributed by atoms with E-state index < -0.39 is 0 Å². The van der Waals surface area contributed by atoms with Gasteiger partial charge in [0.15, 0.2) is 0 Å². The van der Waals surface area contributed by atoms with E-state index in [0.29, 0.717) is 0 Å². The predicted octanol–water partition coefficient (Wildman–Crippen LogP) is 4.58. The quantitative estimate of drug-likeness (QED) is 0.647. The Morgan fingerprint density at radius 2 is 1.60 bits per heavy atom. The zero-order chi connectivity index (χ0) is 14.1. The molecule has 2 aromatic rings. The highest BCUT2D eigenvalue weighted by molar-refractivity contribution is 8.05. The summed E-state index contributed by atoms with van der Waals surface area (Å²) in [4.78, 5) is 16.7. The molecule has 0 saturated heterocycles. The molecule has 1 heterocycles. The van der Waals surface area contributed by atoms with E-state index >= 15 is 0 Å². The molecule has 0 N–H and O–H groups in total. The van der Waals surface area contributed by atoms with Crippen molar-refractivity contribution in [2.24, 2.45) is 0 Å². The van der Waals surface area contributed by atoms with Gasteiger partial charge in [0, 0.05) is 19.6 Å². The summed E-state index contributed by atoms with van der Waals surface area (Å²) in [7, 11) is 1.43. The molecule has 0 amide bonds. The lowest BCUT2D eigenvalue weighted by atomic mass is 10.0. The Kier molecular flexibility index (Phi) is 3.76. The van der Waals surface area contributed by atoms with Gasteiger partial charge in [0.2, 0.25) is 0 Å². The number of carbonyl (C=O) groups excluding carboxylic acids is 1. The van der Waals surface area contributed by atoms with Crippen molar-refractivity contribution < 1.29 is 9.53 Å². The fourth-order valence-corrected chi connectivity index (χ4v) is 4.39. The minimum Gasteiger partial charge on any atom is -0.469 e. The van der Waals surface area contributed by atoms with Crippen molar-refractivity contribution in [1.82, 2.24) is 0 Å². The van der Waals surface area contributed by atoms with Crippen LogP contribution in [0.3, 0.4) is 0 Å². The number of carbonyl (C=O) groups is 1. The van der Waals surface area contributed by atoms with Gasteiger partial charge in [-0.2, -0.15) is 0 Å². The monoisotopic (exact) mass is 302 g/mol. The highest BCUT2D eigenvalue weighted by Crippen LogP contribution is 2.48. The van der Waals surface area contributed by atoms with Crippen LogP contribution in [-0.4, -0.2) is 13.1 Å². The maximum atomic E-state index is 11.6. The smallest absolute Gasteiger partial charge is 0.312 e. The molecule has 0 fully saturated rings. The summed E-state index contributed by atoms with van der Waals surface area (Å²) in [6.07, 6.45) is 0. The molecule has 0 spiro atoms. The third-order valence-corrected chi connectivity index (χ3v) is 5.86. The first-order valence-electron chi connectivity index (χ1n) is 6.35. The van der Waals surface area contributed by atoms with E-state index in [0.717, 1.165) is 5.56 Å². The summed E-state index contributed by atoms with van der Waals surface area (Å²) in [5, 5.41) is 0. The Morgan fingerprint density at radius 3 is 2.25 bits per heavy atom. The summed E-state index contributed by atoms with van der Waals surface area (Å²) in [6.45, 7) is 1.88. The summed E-state index contributed by atoms with van der Waals surface area (Å²) >= 11 is 3.54. The van der Waals surface area contributed by atoms with E-state index in [-0.39, 0.29) is 11.9 Å². The fraction of sp³-hybridized carbons (Fsp3) is 0.188. The van der Waals surface area contributed by atoms with Gasteiger partial charge in [0.05, 0.1) is 13.0 Å². The van der Waals surface area contributed by atoms with Crippen LogP contribution in [-0.2, 0) is 9.53 Å². The Morgan fingerprint density at radius 1 is 1.00 bits per heavy atom. The SMILES string of the molecule is COC(=O)C(C)c1ccc2c(c1)Sc1ccccc1S2. The summed E-state index contributed by atoms with van der Waals surface area (Å²) < 4.78 is 4.82. The zero-order valence-corrected chi connectivity index (χ0v) is 12.9. The van der Waals surface area contributed by atoms with Gasteiger partial charge < -0.3 is 4.74 Å². The van der Waals surface area contributed by atoms with Crippen LogP contribution < -0.4 is 0 Å². The van der Waals surface area contributed by atoms with Crippen LogP contribution in [0.1, 0.15) is 18.4 Å². The van der Waals surface area contributed by atoms with Crippen LogP contribution in [0.15, 0.2) is 62.0 Å². The average molecular weight is 302 g/mol. The summed E-state index contributed by atoms with van der Waals surface area (Å²) in [6, 6.07) is 14.6. The standard InChI is InChI=1S/C16H14O2S2/c1-10(16(17)18-2)11-7-8-14-15(9-11)20-13-6-4-3-5-12(13)19-14/h3-10H,1-2H3. The molecule has 4 heteroatoms. The molecule has 2 aromatic carbocycles. The van der Waals surface area contributed by atoms with Gasteiger partial charge in [0.1, 0.15) is 0 Å². The van der Waals surface area contributed by atoms with Crippen molar-refractivity contribution in [1.29, 1.82) is 0 Å². The van der Waals surface area contributed by atoms with Crippen LogP contribution in [0.4, 0.5) is 0 Å². The molecule has 0 bridgehead atoms. The number of fused-ring (bicyclic) bond motifs is 2. The first-order chi connectivity index (χ1) is 9.69. The normalized spacial score (nSPS) is 14.1. The molecule has 0 aliphatic carbocycles. The van der Waals surface area contributed by atoms with Gasteiger partial charge in [0.25, 0.3) is 0 Å². The maximum Gasteiger partial charge on any atom is 0.312 e. The Balaban J connectivity index is 1.94. The Bertz CT molecular complexity index is 667. The van der Waals surface area contributed by atoms with Gasteiger partial charge >= 0.3 is 5.97 Å². The molecule has 20 heavy (non-hydrogen) atoms. The molecular formula is C16H14O2S2. The minimum atomic E-state index is -0.229. The molecule has 2 nitrogen and oxygen atoms in total. The second kappa shape index (κ2) is 5.54.